The maximum absolute atomic E-state index is 13.8. The topological polar surface area (TPSA) is 179 Å². The summed E-state index contributed by atoms with van der Waals surface area (Å²) in [5.41, 5.74) is 7.79. The second kappa shape index (κ2) is 14.2. The number of hydrogen-bond acceptors (Lipinski definition) is 8. The first-order chi connectivity index (χ1) is 21.2. The third-order valence-electron chi connectivity index (χ3n) is 9.68. The molecule has 0 unspecified atom stereocenters. The summed E-state index contributed by atoms with van der Waals surface area (Å²) in [6.07, 6.45) is 6.17. The van der Waals surface area contributed by atoms with Gasteiger partial charge in [-0.1, -0.05) is 51.3 Å². The van der Waals surface area contributed by atoms with Gasteiger partial charge in [0.25, 0.3) is 5.96 Å². The second-order valence-electron chi connectivity index (χ2n) is 13.5. The van der Waals surface area contributed by atoms with Gasteiger partial charge in [0, 0.05) is 18.2 Å². The first-order valence-electron chi connectivity index (χ1n) is 15.7. The Morgan fingerprint density at radius 1 is 1.24 bits per heavy atom. The molecule has 45 heavy (non-hydrogen) atoms. The SMILES string of the molecule is COc1ccccc1/C=C\C(=O)N[C@@H](CCCN=C(N)N[N+](=O)[O-])C(=O)N[C@@H](CC(C)C)B1O[C@@H]2C[C@H]3C[C@H](C3(C)C)[C@]2(C)O1. The average Bonchev–Trinajstić information content (AvgIpc) is 3.34. The summed E-state index contributed by atoms with van der Waals surface area (Å²) in [5, 5.41) is 15.7. The normalized spacial score (nSPS) is 26.5. The van der Waals surface area contributed by atoms with Crippen LogP contribution < -0.4 is 26.5 Å². The van der Waals surface area contributed by atoms with Crippen molar-refractivity contribution in [2.45, 2.75) is 90.4 Å². The largest absolute Gasteiger partial charge is 0.496 e. The van der Waals surface area contributed by atoms with E-state index in [0.717, 1.165) is 12.8 Å². The van der Waals surface area contributed by atoms with Gasteiger partial charge in [-0.2, -0.15) is 0 Å². The van der Waals surface area contributed by atoms with Gasteiger partial charge in [0.05, 0.1) is 24.8 Å². The first kappa shape index (κ1) is 34.2. The number of carbonyl (C=O) groups excluding carboxylic acids is 2. The van der Waals surface area contributed by atoms with Gasteiger partial charge in [-0.15, -0.1) is 0 Å². The van der Waals surface area contributed by atoms with Crippen LogP contribution >= 0.6 is 0 Å². The molecular weight excluding hydrogens is 579 g/mol. The summed E-state index contributed by atoms with van der Waals surface area (Å²) >= 11 is 0. The number of benzene rings is 1. The maximum Gasteiger partial charge on any atom is 0.481 e. The van der Waals surface area contributed by atoms with E-state index in [1.165, 1.54) is 6.08 Å². The Morgan fingerprint density at radius 3 is 2.64 bits per heavy atom. The van der Waals surface area contributed by atoms with Gasteiger partial charge in [-0.3, -0.25) is 9.59 Å². The van der Waals surface area contributed by atoms with Crippen molar-refractivity contribution < 1.29 is 28.7 Å². The number of hydrazine groups is 1. The van der Waals surface area contributed by atoms with Crippen LogP contribution in [0.15, 0.2) is 35.3 Å². The molecule has 14 heteroatoms. The highest BCUT2D eigenvalue weighted by Gasteiger charge is 2.68. The number of hydrogen-bond donors (Lipinski definition) is 4. The van der Waals surface area contributed by atoms with Crippen molar-refractivity contribution in [2.24, 2.45) is 33.9 Å². The minimum absolute atomic E-state index is 0.0300. The Bertz CT molecular complexity index is 1310. The number of guanidine groups is 1. The molecule has 0 radical (unpaired) electrons. The lowest BCUT2D eigenvalue weighted by molar-refractivity contribution is -0.525. The molecule has 5 rings (SSSR count). The van der Waals surface area contributed by atoms with Crippen molar-refractivity contribution in [1.29, 1.82) is 0 Å². The van der Waals surface area contributed by atoms with E-state index in [9.17, 15) is 19.7 Å². The number of rotatable bonds is 14. The number of para-hydroxylation sites is 1. The molecule has 1 aromatic rings. The molecule has 1 heterocycles. The fourth-order valence-electron chi connectivity index (χ4n) is 7.18. The molecule has 3 saturated carbocycles. The van der Waals surface area contributed by atoms with E-state index in [0.29, 0.717) is 36.0 Å². The number of carbonyl (C=O) groups is 2. The van der Waals surface area contributed by atoms with Crippen molar-refractivity contribution in [3.63, 3.8) is 0 Å². The zero-order chi connectivity index (χ0) is 32.9. The standard InChI is InChI=1S/C31H47BN6O7/c1-19(2)16-26(32-44-25-18-21-17-24(30(21,3)4)31(25,5)45-32)36-28(40)22(11-9-15-34-29(33)37-38(41)42)35-27(39)14-13-20-10-7-8-12-23(20)43-6/h7-8,10,12-14,19,21-22,24-26H,9,11,15-18H2,1-6H3,(H,35,39)(H,36,40)(H3,33,34,37)/b14-13-/t21-,22+,24-,25-,26+,31+/m1/s1. The highest BCUT2D eigenvalue weighted by atomic mass is 16.7. The van der Waals surface area contributed by atoms with Crippen LogP contribution in [0.25, 0.3) is 6.08 Å². The fraction of sp³-hybridized carbons (Fsp3) is 0.645. The van der Waals surface area contributed by atoms with Crippen molar-refractivity contribution in [1.82, 2.24) is 16.1 Å². The molecular formula is C31H47BN6O7. The number of aliphatic imine (C=N–C) groups is 1. The lowest BCUT2D eigenvalue weighted by Gasteiger charge is -2.64. The van der Waals surface area contributed by atoms with Gasteiger partial charge in [0.1, 0.15) is 11.8 Å². The van der Waals surface area contributed by atoms with Crippen molar-refractivity contribution >= 4 is 31.0 Å². The molecule has 0 spiro atoms. The zero-order valence-corrected chi connectivity index (χ0v) is 27.1. The molecule has 2 amide bonds. The van der Waals surface area contributed by atoms with Crippen LogP contribution in [0.1, 0.15) is 72.3 Å². The molecule has 1 aliphatic heterocycles. The highest BCUT2D eigenvalue weighted by Crippen LogP contribution is 2.65. The van der Waals surface area contributed by atoms with Crippen molar-refractivity contribution in [3.8, 4) is 5.75 Å². The summed E-state index contributed by atoms with van der Waals surface area (Å²) in [7, 11) is 0.939. The number of amides is 2. The molecule has 4 aliphatic rings. The summed E-state index contributed by atoms with van der Waals surface area (Å²) in [4.78, 5) is 41.4. The molecule has 1 saturated heterocycles. The van der Waals surface area contributed by atoms with E-state index >= 15 is 0 Å². The minimum atomic E-state index is -0.916. The summed E-state index contributed by atoms with van der Waals surface area (Å²) < 4.78 is 18.6. The fourth-order valence-corrected chi connectivity index (χ4v) is 7.18. The molecule has 13 nitrogen and oxygen atoms in total. The van der Waals surface area contributed by atoms with Crippen LogP contribution in [0.5, 0.6) is 5.75 Å². The second-order valence-corrected chi connectivity index (χ2v) is 13.5. The summed E-state index contributed by atoms with van der Waals surface area (Å²) in [6.45, 7) is 11.0. The van der Waals surface area contributed by atoms with E-state index in [1.807, 2.05) is 18.2 Å². The number of nitrogens with zero attached hydrogens (tertiary/aromatic N) is 2. The van der Waals surface area contributed by atoms with E-state index in [1.54, 1.807) is 24.7 Å². The number of nitro groups is 1. The van der Waals surface area contributed by atoms with Crippen molar-refractivity contribution in [3.05, 3.63) is 46.0 Å². The maximum atomic E-state index is 13.8. The van der Waals surface area contributed by atoms with Gasteiger partial charge in [0.15, 0.2) is 5.03 Å². The van der Waals surface area contributed by atoms with Crippen LogP contribution in [-0.2, 0) is 18.9 Å². The number of ether oxygens (including phenoxy) is 1. The minimum Gasteiger partial charge on any atom is -0.496 e. The van der Waals surface area contributed by atoms with Crippen LogP contribution in [0.3, 0.4) is 0 Å². The van der Waals surface area contributed by atoms with Crippen molar-refractivity contribution in [2.75, 3.05) is 13.7 Å². The lowest BCUT2D eigenvalue weighted by Crippen LogP contribution is -2.65. The zero-order valence-electron chi connectivity index (χ0n) is 27.1. The molecule has 2 bridgehead atoms. The molecule has 4 fully saturated rings. The van der Waals surface area contributed by atoms with Gasteiger partial charge in [0.2, 0.25) is 11.8 Å². The predicted octanol–water partition coefficient (Wildman–Crippen LogP) is 2.87. The Morgan fingerprint density at radius 2 is 1.98 bits per heavy atom. The van der Waals surface area contributed by atoms with Gasteiger partial charge in [-0.05, 0) is 74.3 Å². The predicted molar refractivity (Wildman–Crippen MR) is 171 cm³/mol. The summed E-state index contributed by atoms with van der Waals surface area (Å²) in [6, 6.07) is 6.35. The van der Waals surface area contributed by atoms with Gasteiger partial charge < -0.3 is 30.4 Å². The van der Waals surface area contributed by atoms with Gasteiger partial charge in [-0.25, -0.2) is 15.1 Å². The Hall–Kier alpha value is -3.65. The molecule has 6 atom stereocenters. The highest BCUT2D eigenvalue weighted by molar-refractivity contribution is 6.48. The van der Waals surface area contributed by atoms with Crippen LogP contribution in [-0.4, -0.2) is 67.3 Å². The van der Waals surface area contributed by atoms with E-state index < -0.39 is 35.6 Å². The van der Waals surface area contributed by atoms with Crippen LogP contribution in [0.2, 0.25) is 0 Å². The van der Waals surface area contributed by atoms with Crippen LogP contribution in [0, 0.1) is 33.3 Å². The molecule has 5 N–H and O–H groups in total. The molecule has 246 valence electrons. The van der Waals surface area contributed by atoms with E-state index in [2.05, 4.69) is 50.2 Å². The molecule has 3 aliphatic carbocycles. The third kappa shape index (κ3) is 7.96. The van der Waals surface area contributed by atoms with Gasteiger partial charge >= 0.3 is 7.12 Å². The smallest absolute Gasteiger partial charge is 0.481 e. The monoisotopic (exact) mass is 626 g/mol. The van der Waals surface area contributed by atoms with E-state index in [-0.39, 0.29) is 42.3 Å². The Kier molecular flexibility index (Phi) is 10.8. The van der Waals surface area contributed by atoms with Crippen LogP contribution in [0.4, 0.5) is 0 Å². The number of nitrogens with two attached hydrogens (primary N) is 1. The quantitative estimate of drug-likeness (QED) is 0.0460. The number of nitrogens with one attached hydrogen (secondary N) is 3. The van der Waals surface area contributed by atoms with E-state index in [4.69, 9.17) is 19.8 Å². The average molecular weight is 627 g/mol. The molecule has 1 aromatic carbocycles. The first-order valence-corrected chi connectivity index (χ1v) is 15.7. The third-order valence-corrected chi connectivity index (χ3v) is 9.68. The lowest BCUT2D eigenvalue weighted by atomic mass is 9.43. The Balaban J connectivity index is 1.47. The molecule has 0 aromatic heterocycles. The number of methoxy groups -OCH3 is 1. The summed E-state index contributed by atoms with van der Waals surface area (Å²) in [5.74, 6) is 0.223. The Labute approximate surface area is 265 Å².